The zero-order chi connectivity index (χ0) is 50.9. The summed E-state index contributed by atoms with van der Waals surface area (Å²) in [6.07, 6.45) is 4.51. The van der Waals surface area contributed by atoms with Gasteiger partial charge in [0.1, 0.15) is 31.2 Å². The maximum atomic E-state index is 12.8. The molecule has 2 atom stereocenters. The molecule has 0 spiro atoms. The lowest BCUT2D eigenvalue weighted by molar-refractivity contribution is -0.116. The molecular formula is C52H68N8O6S4. The van der Waals surface area contributed by atoms with Gasteiger partial charge in [-0.25, -0.2) is 19.6 Å². The minimum Gasteiger partial charge on any atom is -0.444 e. The van der Waals surface area contributed by atoms with Crippen molar-refractivity contribution in [1.82, 2.24) is 25.1 Å². The summed E-state index contributed by atoms with van der Waals surface area (Å²) in [5, 5.41) is 12.8. The van der Waals surface area contributed by atoms with Crippen molar-refractivity contribution >= 4 is 99.8 Å². The molecule has 2 unspecified atom stereocenters. The Morgan fingerprint density at radius 3 is 1.57 bits per heavy atom. The summed E-state index contributed by atoms with van der Waals surface area (Å²) in [6, 6.07) is 16.8. The highest BCUT2D eigenvalue weighted by atomic mass is 32.1. The molecule has 70 heavy (non-hydrogen) atoms. The van der Waals surface area contributed by atoms with E-state index in [1.807, 2.05) is 90.9 Å². The lowest BCUT2D eigenvalue weighted by Crippen LogP contribution is -2.39. The largest absolute Gasteiger partial charge is 0.444 e. The van der Waals surface area contributed by atoms with Gasteiger partial charge in [-0.3, -0.25) is 9.59 Å². The third kappa shape index (κ3) is 14.4. The Balaban J connectivity index is 0.000000211. The van der Waals surface area contributed by atoms with Gasteiger partial charge in [0.2, 0.25) is 11.8 Å². The van der Waals surface area contributed by atoms with E-state index >= 15 is 0 Å². The number of nitrogens with two attached hydrogens (primary N) is 1. The third-order valence-electron chi connectivity index (χ3n) is 11.2. The Labute approximate surface area is 428 Å². The minimum atomic E-state index is -0.540. The standard InChI is InChI=1S/C26H34N4O3S2.C22H23N3O3S2.C4H11N/c1-6-16(2)27-13-11-21(31)29-24-22(23-28-18-9-7-8-10-19(18)34-23)17-12-14-30(15-20(17)35-24)25(32)33-26(3,4)5;1-5-17(26)24-20-18(19-23-14-8-6-7-9-15(14)29-19)13-10-11-25(12-16(13)30-20)21(27)28-22(2,3)4;1-3-4(2)5/h7-10,16,27H,6,11-15H2,1-5H3,(H,29,31);5-9H,1,10-12H2,2-4H3,(H,24,26);4H,3,5H2,1-2H3. The fourth-order valence-corrected chi connectivity index (χ4v) is 12.1. The zero-order valence-corrected chi connectivity index (χ0v) is 45.3. The highest BCUT2D eigenvalue weighted by Gasteiger charge is 2.33. The van der Waals surface area contributed by atoms with E-state index in [1.54, 1.807) is 43.8 Å². The maximum absolute atomic E-state index is 12.8. The molecule has 376 valence electrons. The van der Waals surface area contributed by atoms with E-state index in [9.17, 15) is 19.2 Å². The van der Waals surface area contributed by atoms with E-state index in [4.69, 9.17) is 25.2 Å². The highest BCUT2D eigenvalue weighted by molar-refractivity contribution is 7.23. The first-order valence-electron chi connectivity index (χ1n) is 23.9. The Hall–Kier alpha value is -5.24. The first-order chi connectivity index (χ1) is 33.2. The van der Waals surface area contributed by atoms with Crippen LogP contribution in [0, 0.1) is 0 Å². The van der Waals surface area contributed by atoms with E-state index < -0.39 is 11.2 Å². The molecule has 6 heterocycles. The van der Waals surface area contributed by atoms with Crippen LogP contribution in [-0.4, -0.2) is 86.7 Å². The van der Waals surface area contributed by atoms with Crippen molar-refractivity contribution in [2.24, 2.45) is 5.73 Å². The number of aromatic nitrogens is 2. The minimum absolute atomic E-state index is 0.0224. The van der Waals surface area contributed by atoms with Crippen molar-refractivity contribution in [3.63, 3.8) is 0 Å². The summed E-state index contributed by atoms with van der Waals surface area (Å²) < 4.78 is 13.3. The number of ether oxygens (including phenoxy) is 2. The summed E-state index contributed by atoms with van der Waals surface area (Å²) in [5.74, 6) is -0.286. The molecule has 4 amide bonds. The van der Waals surface area contributed by atoms with Crippen molar-refractivity contribution in [1.29, 1.82) is 0 Å². The van der Waals surface area contributed by atoms with E-state index in [2.05, 4.69) is 49.4 Å². The summed E-state index contributed by atoms with van der Waals surface area (Å²) in [4.78, 5) is 65.4. The molecule has 5 N–H and O–H groups in total. The van der Waals surface area contributed by atoms with Crippen LogP contribution in [0.5, 0.6) is 0 Å². The van der Waals surface area contributed by atoms with Crippen LogP contribution in [-0.2, 0) is 45.0 Å². The molecule has 0 radical (unpaired) electrons. The second kappa shape index (κ2) is 23.8. The lowest BCUT2D eigenvalue weighted by atomic mass is 10.0. The predicted molar refractivity (Wildman–Crippen MR) is 290 cm³/mol. The number of nitrogens with zero attached hydrogens (tertiary/aromatic N) is 4. The van der Waals surface area contributed by atoms with Crippen LogP contribution >= 0.6 is 45.3 Å². The number of anilines is 2. The van der Waals surface area contributed by atoms with Crippen molar-refractivity contribution < 1.29 is 28.7 Å². The van der Waals surface area contributed by atoms with Crippen LogP contribution in [0.2, 0.25) is 0 Å². The first kappa shape index (κ1) is 54.1. The van der Waals surface area contributed by atoms with Crippen molar-refractivity contribution in [2.45, 2.75) is 138 Å². The molecule has 18 heteroatoms. The maximum Gasteiger partial charge on any atom is 0.410 e. The van der Waals surface area contributed by atoms with Crippen molar-refractivity contribution in [3.8, 4) is 21.1 Å². The van der Waals surface area contributed by atoms with Gasteiger partial charge in [-0.1, -0.05) is 44.7 Å². The Morgan fingerprint density at radius 2 is 1.17 bits per heavy atom. The van der Waals surface area contributed by atoms with Crippen LogP contribution in [0.15, 0.2) is 61.2 Å². The number of nitrogens with one attached hydrogen (secondary N) is 3. The van der Waals surface area contributed by atoms with Gasteiger partial charge in [0, 0.05) is 59.0 Å². The number of thiophene rings is 2. The number of amides is 4. The zero-order valence-electron chi connectivity index (χ0n) is 42.1. The predicted octanol–water partition coefficient (Wildman–Crippen LogP) is 12.2. The third-order valence-corrected chi connectivity index (χ3v) is 15.6. The summed E-state index contributed by atoms with van der Waals surface area (Å²) in [5.41, 5.74) is 10.4. The SMILES string of the molecule is C=CC(=O)Nc1sc2c(c1-c1nc3ccccc3s1)CCN(C(=O)OC(C)(C)C)C2.CCC(C)N.CCC(C)NCCC(=O)Nc1sc2c(c1-c1nc3ccccc3s1)CCN(C(=O)OC(C)(C)C)C2. The van der Waals surface area contributed by atoms with E-state index in [0.717, 1.165) is 79.7 Å². The number of rotatable bonds is 11. The van der Waals surface area contributed by atoms with Crippen LogP contribution < -0.4 is 21.7 Å². The fourth-order valence-electron chi connectivity index (χ4n) is 7.29. The summed E-state index contributed by atoms with van der Waals surface area (Å²) in [6.45, 7) is 25.8. The van der Waals surface area contributed by atoms with Gasteiger partial charge in [-0.2, -0.15) is 0 Å². The number of benzene rings is 2. The van der Waals surface area contributed by atoms with Gasteiger partial charge < -0.3 is 41.0 Å². The molecule has 0 saturated carbocycles. The Morgan fingerprint density at radius 1 is 0.729 bits per heavy atom. The van der Waals surface area contributed by atoms with Gasteiger partial charge in [0.25, 0.3) is 0 Å². The Kier molecular flexibility index (Phi) is 18.4. The quantitative estimate of drug-likeness (QED) is 0.0912. The number of para-hydroxylation sites is 2. The average Bonchev–Trinajstić information content (AvgIpc) is 4.09. The molecule has 8 rings (SSSR count). The highest BCUT2D eigenvalue weighted by Crippen LogP contribution is 2.47. The average molecular weight is 1030 g/mol. The smallest absolute Gasteiger partial charge is 0.410 e. The topological polar surface area (TPSA) is 181 Å². The molecule has 0 bridgehead atoms. The fraction of sp³-hybridized carbons (Fsp3) is 0.462. The first-order valence-corrected chi connectivity index (χ1v) is 27.1. The lowest BCUT2D eigenvalue weighted by Gasteiger charge is -2.30. The van der Waals surface area contributed by atoms with E-state index in [0.29, 0.717) is 64.1 Å². The van der Waals surface area contributed by atoms with Crippen LogP contribution in [0.3, 0.4) is 0 Å². The number of thiazole rings is 2. The molecule has 2 aromatic carbocycles. The van der Waals surface area contributed by atoms with Gasteiger partial charge in [-0.15, -0.1) is 45.3 Å². The molecular weight excluding hydrogens is 961 g/mol. The molecule has 14 nitrogen and oxygen atoms in total. The number of fused-ring (bicyclic) bond motifs is 4. The number of hydrogen-bond donors (Lipinski definition) is 4. The van der Waals surface area contributed by atoms with Gasteiger partial charge in [0.15, 0.2) is 0 Å². The molecule has 6 aromatic rings. The molecule has 0 aliphatic carbocycles. The van der Waals surface area contributed by atoms with Crippen molar-refractivity contribution in [2.75, 3.05) is 30.3 Å². The number of carbonyl (C=O) groups excluding carboxylic acids is 4. The summed E-state index contributed by atoms with van der Waals surface area (Å²) >= 11 is 6.27. The second-order valence-electron chi connectivity index (χ2n) is 19.3. The summed E-state index contributed by atoms with van der Waals surface area (Å²) in [7, 11) is 0. The van der Waals surface area contributed by atoms with Gasteiger partial charge in [-0.05, 0) is 123 Å². The Bertz CT molecular complexity index is 2730. The molecule has 2 aliphatic heterocycles. The monoisotopic (exact) mass is 1030 g/mol. The second-order valence-corrected chi connectivity index (χ2v) is 23.6. The van der Waals surface area contributed by atoms with E-state index in [1.165, 1.54) is 23.0 Å². The normalized spacial score (nSPS) is 14.3. The van der Waals surface area contributed by atoms with Crippen LogP contribution in [0.1, 0.15) is 109 Å². The van der Waals surface area contributed by atoms with Crippen molar-refractivity contribution in [3.05, 3.63) is 82.1 Å². The molecule has 2 aliphatic rings. The van der Waals surface area contributed by atoms with Gasteiger partial charge in [0.05, 0.1) is 33.5 Å². The molecule has 4 aromatic heterocycles. The molecule has 0 saturated heterocycles. The van der Waals surface area contributed by atoms with Crippen LogP contribution in [0.4, 0.5) is 19.6 Å². The van der Waals surface area contributed by atoms with E-state index in [-0.39, 0.29) is 24.0 Å². The molecule has 0 fully saturated rings. The number of hydrogen-bond acceptors (Lipinski definition) is 14. The van der Waals surface area contributed by atoms with Crippen LogP contribution in [0.25, 0.3) is 41.6 Å². The van der Waals surface area contributed by atoms with Gasteiger partial charge >= 0.3 is 12.2 Å². The number of carbonyl (C=O) groups is 4.